The van der Waals surface area contributed by atoms with Gasteiger partial charge in [-0.2, -0.15) is 0 Å². The van der Waals surface area contributed by atoms with Crippen LogP contribution in [0.2, 0.25) is 0 Å². The summed E-state index contributed by atoms with van der Waals surface area (Å²) in [6, 6.07) is 12.9. The van der Waals surface area contributed by atoms with Crippen LogP contribution in [0.25, 0.3) is 32.9 Å². The summed E-state index contributed by atoms with van der Waals surface area (Å²) in [5.74, 6) is 0. The van der Waals surface area contributed by atoms with Crippen LogP contribution in [0.4, 0.5) is 0 Å². The fourth-order valence-electron chi connectivity index (χ4n) is 2.98. The Morgan fingerprint density at radius 1 is 1.05 bits per heavy atom. The van der Waals surface area contributed by atoms with Gasteiger partial charge in [0.25, 0.3) is 0 Å². The molecule has 0 saturated heterocycles. The van der Waals surface area contributed by atoms with Crippen molar-refractivity contribution in [1.82, 2.24) is 14.5 Å². The quantitative estimate of drug-likeness (QED) is 0.523. The van der Waals surface area contributed by atoms with Crippen LogP contribution in [0.5, 0.6) is 0 Å². The van der Waals surface area contributed by atoms with E-state index >= 15 is 0 Å². The number of aromatic nitrogens is 3. The molecular weight excluding hydrogens is 258 g/mol. The van der Waals surface area contributed by atoms with Crippen LogP contribution in [0.3, 0.4) is 0 Å². The fraction of sp³-hybridized carbons (Fsp3) is 0.111. The molecule has 4 rings (SSSR count). The van der Waals surface area contributed by atoms with Crippen molar-refractivity contribution in [2.24, 2.45) is 7.05 Å². The minimum atomic E-state index is 0.986. The van der Waals surface area contributed by atoms with Gasteiger partial charge in [-0.1, -0.05) is 29.8 Å². The highest BCUT2D eigenvalue weighted by molar-refractivity contribution is 6.11. The molecule has 0 saturated carbocycles. The summed E-state index contributed by atoms with van der Waals surface area (Å²) in [5.41, 5.74) is 5.91. The molecule has 0 N–H and O–H groups in total. The van der Waals surface area contributed by atoms with Crippen molar-refractivity contribution in [2.75, 3.05) is 0 Å². The van der Waals surface area contributed by atoms with Gasteiger partial charge in [-0.15, -0.1) is 0 Å². The molecular formula is C18H15N3. The molecule has 21 heavy (non-hydrogen) atoms. The lowest BCUT2D eigenvalue weighted by atomic mass is 9.99. The maximum absolute atomic E-state index is 4.43. The Morgan fingerprint density at radius 2 is 1.95 bits per heavy atom. The van der Waals surface area contributed by atoms with E-state index in [0.29, 0.717) is 0 Å². The Hall–Kier alpha value is -2.68. The standard InChI is InChI=1S/C18H15N3/c1-12-4-3-5-13(8-12)15-9-17-16(10-19-11-20-17)14-6-7-21(2)18(14)15/h3-11H,1-2H3. The molecule has 2 aromatic carbocycles. The Labute approximate surface area is 122 Å². The smallest absolute Gasteiger partial charge is 0.116 e. The predicted octanol–water partition coefficient (Wildman–Crippen LogP) is 4.10. The highest BCUT2D eigenvalue weighted by Gasteiger charge is 2.12. The largest absolute Gasteiger partial charge is 0.350 e. The first-order chi connectivity index (χ1) is 10.2. The molecule has 3 heteroatoms. The summed E-state index contributed by atoms with van der Waals surface area (Å²) in [4.78, 5) is 8.60. The van der Waals surface area contributed by atoms with E-state index in [-0.39, 0.29) is 0 Å². The van der Waals surface area contributed by atoms with Gasteiger partial charge in [-0.25, -0.2) is 9.97 Å². The van der Waals surface area contributed by atoms with Gasteiger partial charge in [0.2, 0.25) is 0 Å². The first kappa shape index (κ1) is 12.1. The summed E-state index contributed by atoms with van der Waals surface area (Å²) in [6.07, 6.45) is 5.60. The topological polar surface area (TPSA) is 30.7 Å². The molecule has 2 heterocycles. The zero-order valence-electron chi connectivity index (χ0n) is 12.0. The highest BCUT2D eigenvalue weighted by Crippen LogP contribution is 2.34. The molecule has 0 aliphatic carbocycles. The van der Waals surface area contributed by atoms with E-state index in [1.54, 1.807) is 6.33 Å². The maximum Gasteiger partial charge on any atom is 0.116 e. The number of aryl methyl sites for hydroxylation is 2. The lowest BCUT2D eigenvalue weighted by Crippen LogP contribution is -1.91. The highest BCUT2D eigenvalue weighted by atomic mass is 14.9. The molecule has 0 radical (unpaired) electrons. The van der Waals surface area contributed by atoms with E-state index in [1.165, 1.54) is 27.6 Å². The van der Waals surface area contributed by atoms with E-state index in [4.69, 9.17) is 0 Å². The number of rotatable bonds is 1. The van der Waals surface area contributed by atoms with Gasteiger partial charge in [0, 0.05) is 35.8 Å². The number of nitrogens with zero attached hydrogens (tertiary/aromatic N) is 3. The van der Waals surface area contributed by atoms with Gasteiger partial charge in [0.05, 0.1) is 11.0 Å². The molecule has 4 aromatic rings. The summed E-state index contributed by atoms with van der Waals surface area (Å²) in [7, 11) is 2.08. The van der Waals surface area contributed by atoms with Crippen molar-refractivity contribution >= 4 is 21.8 Å². The number of hydrogen-bond acceptors (Lipinski definition) is 2. The molecule has 0 atom stereocenters. The zero-order chi connectivity index (χ0) is 14.4. The fourth-order valence-corrected chi connectivity index (χ4v) is 2.98. The third kappa shape index (κ3) is 1.82. The average molecular weight is 273 g/mol. The lowest BCUT2D eigenvalue weighted by molar-refractivity contribution is 0.970. The number of fused-ring (bicyclic) bond motifs is 3. The second-order valence-electron chi connectivity index (χ2n) is 5.44. The van der Waals surface area contributed by atoms with Crippen molar-refractivity contribution in [1.29, 1.82) is 0 Å². The van der Waals surface area contributed by atoms with E-state index in [9.17, 15) is 0 Å². The minimum Gasteiger partial charge on any atom is -0.350 e. The lowest BCUT2D eigenvalue weighted by Gasteiger charge is -2.10. The summed E-state index contributed by atoms with van der Waals surface area (Å²) in [6.45, 7) is 2.12. The van der Waals surface area contributed by atoms with E-state index in [1.807, 2.05) is 6.20 Å². The maximum atomic E-state index is 4.43. The summed E-state index contributed by atoms with van der Waals surface area (Å²) >= 11 is 0. The molecule has 3 nitrogen and oxygen atoms in total. The van der Waals surface area contributed by atoms with Crippen LogP contribution in [-0.2, 0) is 7.05 Å². The van der Waals surface area contributed by atoms with Gasteiger partial charge in [-0.3, -0.25) is 0 Å². The molecule has 0 unspecified atom stereocenters. The second kappa shape index (κ2) is 4.42. The van der Waals surface area contributed by atoms with Gasteiger partial charge in [0.15, 0.2) is 0 Å². The van der Waals surface area contributed by atoms with Crippen molar-refractivity contribution < 1.29 is 0 Å². The minimum absolute atomic E-state index is 0.986. The Kier molecular flexibility index (Phi) is 2.54. The molecule has 0 aliphatic heterocycles. The molecule has 0 aliphatic rings. The first-order valence-corrected chi connectivity index (χ1v) is 6.99. The van der Waals surface area contributed by atoms with Crippen molar-refractivity contribution in [3.63, 3.8) is 0 Å². The number of hydrogen-bond donors (Lipinski definition) is 0. The SMILES string of the molecule is Cc1cccc(-c2cc3ncncc3c3ccn(C)c23)c1. The number of benzene rings is 2. The normalized spacial score (nSPS) is 11.3. The van der Waals surface area contributed by atoms with Crippen LogP contribution in [0.15, 0.2) is 55.1 Å². The summed E-state index contributed by atoms with van der Waals surface area (Å²) in [5, 5.41) is 2.30. The van der Waals surface area contributed by atoms with E-state index in [0.717, 1.165) is 10.9 Å². The van der Waals surface area contributed by atoms with Crippen LogP contribution in [0, 0.1) is 6.92 Å². The van der Waals surface area contributed by atoms with Crippen LogP contribution < -0.4 is 0 Å². The Bertz CT molecular complexity index is 967. The summed E-state index contributed by atoms with van der Waals surface area (Å²) < 4.78 is 2.17. The monoisotopic (exact) mass is 273 g/mol. The Balaban J connectivity index is 2.18. The van der Waals surface area contributed by atoms with Crippen molar-refractivity contribution in [2.45, 2.75) is 6.92 Å². The molecule has 102 valence electrons. The second-order valence-corrected chi connectivity index (χ2v) is 5.44. The molecule has 0 amide bonds. The van der Waals surface area contributed by atoms with E-state index < -0.39 is 0 Å². The first-order valence-electron chi connectivity index (χ1n) is 6.99. The van der Waals surface area contributed by atoms with E-state index in [2.05, 4.69) is 71.1 Å². The van der Waals surface area contributed by atoms with Gasteiger partial charge >= 0.3 is 0 Å². The molecule has 0 fully saturated rings. The van der Waals surface area contributed by atoms with Crippen LogP contribution in [0.1, 0.15) is 5.56 Å². The van der Waals surface area contributed by atoms with Gasteiger partial charge < -0.3 is 4.57 Å². The predicted molar refractivity (Wildman–Crippen MR) is 86.2 cm³/mol. The van der Waals surface area contributed by atoms with Crippen LogP contribution in [-0.4, -0.2) is 14.5 Å². The third-order valence-corrected chi connectivity index (χ3v) is 3.97. The van der Waals surface area contributed by atoms with Crippen molar-refractivity contribution in [3.05, 3.63) is 60.7 Å². The molecule has 2 aromatic heterocycles. The Morgan fingerprint density at radius 3 is 2.81 bits per heavy atom. The zero-order valence-corrected chi connectivity index (χ0v) is 12.0. The van der Waals surface area contributed by atoms with Crippen molar-refractivity contribution in [3.8, 4) is 11.1 Å². The molecule has 0 spiro atoms. The van der Waals surface area contributed by atoms with Gasteiger partial charge in [-0.05, 0) is 24.6 Å². The third-order valence-electron chi connectivity index (χ3n) is 3.97. The van der Waals surface area contributed by atoms with Gasteiger partial charge in [0.1, 0.15) is 6.33 Å². The molecule has 0 bridgehead atoms. The average Bonchev–Trinajstić information content (AvgIpc) is 2.89. The van der Waals surface area contributed by atoms with Crippen LogP contribution >= 0.6 is 0 Å².